The first-order valence-corrected chi connectivity index (χ1v) is 11.6. The number of nitrogens with one attached hydrogen (secondary N) is 2. The van der Waals surface area contributed by atoms with Gasteiger partial charge in [0.2, 0.25) is 0 Å². The molecule has 1 aromatic heterocycles. The maximum absolute atomic E-state index is 13.2. The van der Waals surface area contributed by atoms with E-state index in [2.05, 4.69) is 15.6 Å². The summed E-state index contributed by atoms with van der Waals surface area (Å²) in [5, 5.41) is 15.2. The summed E-state index contributed by atoms with van der Waals surface area (Å²) < 4.78 is 13.2. The molecule has 8 heteroatoms. The molecule has 0 aliphatic carbocycles. The summed E-state index contributed by atoms with van der Waals surface area (Å²) in [5.74, 6) is -1.67. The number of halogens is 2. The molecule has 0 aliphatic heterocycles. The highest BCUT2D eigenvalue weighted by Gasteiger charge is 2.09. The first-order chi connectivity index (χ1) is 17.4. The van der Waals surface area contributed by atoms with Crippen molar-refractivity contribution < 1.29 is 19.1 Å². The van der Waals surface area contributed by atoms with Crippen LogP contribution < -0.4 is 10.6 Å². The fraction of sp³-hybridized carbons (Fsp3) is 0.107. The molecule has 1 heterocycles. The molecule has 0 spiro atoms. The van der Waals surface area contributed by atoms with E-state index in [0.29, 0.717) is 11.6 Å². The minimum absolute atomic E-state index is 0.0389. The Bertz CT molecular complexity index is 1360. The summed E-state index contributed by atoms with van der Waals surface area (Å²) >= 11 is 6.36. The summed E-state index contributed by atoms with van der Waals surface area (Å²) in [6.45, 7) is 0.582. The van der Waals surface area contributed by atoms with Gasteiger partial charge in [-0.2, -0.15) is 0 Å². The largest absolute Gasteiger partial charge is 0.481 e. The lowest BCUT2D eigenvalue weighted by Crippen LogP contribution is -2.26. The van der Waals surface area contributed by atoms with Gasteiger partial charge in [-0.1, -0.05) is 41.9 Å². The molecule has 6 nitrogen and oxygen atoms in total. The number of carboxylic acid groups (broad SMARTS) is 1. The number of nitrogens with zero attached hydrogens (tertiary/aromatic N) is 1. The summed E-state index contributed by atoms with van der Waals surface area (Å²) in [5.41, 5.74) is 5.70. The summed E-state index contributed by atoms with van der Waals surface area (Å²) in [6, 6.07) is 23.3. The molecular formula is C28H23ClFN3O3. The Labute approximate surface area is 212 Å². The van der Waals surface area contributed by atoms with Gasteiger partial charge in [-0.05, 0) is 70.8 Å². The van der Waals surface area contributed by atoms with Crippen LogP contribution in [0, 0.1) is 5.82 Å². The van der Waals surface area contributed by atoms with Crippen LogP contribution in [0.2, 0.25) is 5.02 Å². The summed E-state index contributed by atoms with van der Waals surface area (Å²) in [6.07, 6.45) is 1.44. The number of carbonyl (C=O) groups excluding carboxylic acids is 1. The number of amides is 1. The van der Waals surface area contributed by atoms with Gasteiger partial charge >= 0.3 is 5.97 Å². The Morgan fingerprint density at radius 3 is 2.17 bits per heavy atom. The number of carboxylic acids is 1. The lowest BCUT2D eigenvalue weighted by Gasteiger charge is -2.11. The van der Waals surface area contributed by atoms with E-state index < -0.39 is 11.9 Å². The zero-order valence-corrected chi connectivity index (χ0v) is 19.9. The van der Waals surface area contributed by atoms with Gasteiger partial charge in [0.15, 0.2) is 0 Å². The van der Waals surface area contributed by atoms with E-state index in [1.165, 1.54) is 12.1 Å². The van der Waals surface area contributed by atoms with Crippen LogP contribution in [0.25, 0.3) is 22.3 Å². The number of aliphatic carboxylic acids is 1. The number of benzene rings is 3. The predicted octanol–water partition coefficient (Wildman–Crippen LogP) is 6.02. The SMILES string of the molecule is O=C(O)CCNC(=O)c1ccc(-c2cc(Cl)cc(CNc3ccc(-c4ccc(F)cc4)cc3)c2)cn1. The fourth-order valence-electron chi connectivity index (χ4n) is 3.62. The van der Waals surface area contributed by atoms with E-state index in [1.54, 1.807) is 30.5 Å². The third-order valence-electron chi connectivity index (χ3n) is 5.47. The number of rotatable bonds is 9. The smallest absolute Gasteiger partial charge is 0.305 e. The second-order valence-corrected chi connectivity index (χ2v) is 8.55. The van der Waals surface area contributed by atoms with Gasteiger partial charge < -0.3 is 15.7 Å². The average molecular weight is 504 g/mol. The molecule has 3 aromatic carbocycles. The van der Waals surface area contributed by atoms with E-state index in [0.717, 1.165) is 33.5 Å². The number of aromatic nitrogens is 1. The van der Waals surface area contributed by atoms with Crippen LogP contribution in [0.4, 0.5) is 10.1 Å². The molecule has 4 rings (SSSR count). The van der Waals surface area contributed by atoms with Crippen LogP contribution >= 0.6 is 11.6 Å². The van der Waals surface area contributed by atoms with Gasteiger partial charge in [0.1, 0.15) is 11.5 Å². The van der Waals surface area contributed by atoms with Crippen molar-refractivity contribution in [3.63, 3.8) is 0 Å². The predicted molar refractivity (Wildman–Crippen MR) is 138 cm³/mol. The molecule has 0 aliphatic rings. The van der Waals surface area contributed by atoms with Gasteiger partial charge in [0, 0.05) is 35.6 Å². The molecule has 3 N–H and O–H groups in total. The van der Waals surface area contributed by atoms with Crippen LogP contribution in [0.15, 0.2) is 85.1 Å². The van der Waals surface area contributed by atoms with Crippen molar-refractivity contribution in [3.8, 4) is 22.3 Å². The average Bonchev–Trinajstić information content (AvgIpc) is 2.88. The second kappa shape index (κ2) is 11.5. The summed E-state index contributed by atoms with van der Waals surface area (Å²) in [4.78, 5) is 26.9. The minimum Gasteiger partial charge on any atom is -0.481 e. The fourth-order valence-corrected chi connectivity index (χ4v) is 3.88. The van der Waals surface area contributed by atoms with Crippen LogP contribution in [0.3, 0.4) is 0 Å². The standard InChI is InChI=1S/C28H23ClFN3O3/c29-23-14-18(16-32-25-8-3-20(4-9-25)19-1-6-24(30)7-2-19)13-22(15-23)21-5-10-26(33-17-21)28(36)31-12-11-27(34)35/h1-10,13-15,17,32H,11-12,16H2,(H,31,36)(H,34,35). The maximum atomic E-state index is 13.2. The molecular weight excluding hydrogens is 481 g/mol. The van der Waals surface area contributed by atoms with Crippen molar-refractivity contribution in [2.45, 2.75) is 13.0 Å². The van der Waals surface area contributed by atoms with E-state index in [1.807, 2.05) is 42.5 Å². The topological polar surface area (TPSA) is 91.3 Å². The molecule has 0 saturated heterocycles. The molecule has 0 fully saturated rings. The van der Waals surface area contributed by atoms with E-state index in [9.17, 15) is 14.0 Å². The van der Waals surface area contributed by atoms with Crippen LogP contribution in [0.1, 0.15) is 22.5 Å². The zero-order valence-electron chi connectivity index (χ0n) is 19.2. The Balaban J connectivity index is 1.40. The van der Waals surface area contributed by atoms with Crippen molar-refractivity contribution >= 4 is 29.2 Å². The molecule has 4 aromatic rings. The molecule has 0 saturated carbocycles. The van der Waals surface area contributed by atoms with Crippen LogP contribution in [-0.2, 0) is 11.3 Å². The third-order valence-corrected chi connectivity index (χ3v) is 5.69. The van der Waals surface area contributed by atoms with Gasteiger partial charge in [0.05, 0.1) is 6.42 Å². The molecule has 0 atom stereocenters. The highest BCUT2D eigenvalue weighted by atomic mass is 35.5. The number of anilines is 1. The van der Waals surface area contributed by atoms with Gasteiger partial charge in [0.25, 0.3) is 5.91 Å². The quantitative estimate of drug-likeness (QED) is 0.259. The molecule has 0 unspecified atom stereocenters. The monoisotopic (exact) mass is 503 g/mol. The molecule has 182 valence electrons. The Hall–Kier alpha value is -4.23. The lowest BCUT2D eigenvalue weighted by molar-refractivity contribution is -0.136. The highest BCUT2D eigenvalue weighted by Crippen LogP contribution is 2.26. The minimum atomic E-state index is -0.980. The van der Waals surface area contributed by atoms with Crippen molar-refractivity contribution in [1.29, 1.82) is 0 Å². The first kappa shape index (κ1) is 24.9. The number of hydrogen-bond donors (Lipinski definition) is 3. The van der Waals surface area contributed by atoms with Crippen molar-refractivity contribution in [2.24, 2.45) is 0 Å². The van der Waals surface area contributed by atoms with Gasteiger partial charge in [-0.15, -0.1) is 0 Å². The van der Waals surface area contributed by atoms with Gasteiger partial charge in [-0.25, -0.2) is 4.39 Å². The van der Waals surface area contributed by atoms with Crippen molar-refractivity contribution in [3.05, 3.63) is 107 Å². The Morgan fingerprint density at radius 2 is 1.53 bits per heavy atom. The Kier molecular flexibility index (Phi) is 7.92. The summed E-state index contributed by atoms with van der Waals surface area (Å²) in [7, 11) is 0. The first-order valence-electron chi connectivity index (χ1n) is 11.2. The molecule has 0 bridgehead atoms. The number of pyridine rings is 1. The van der Waals surface area contributed by atoms with Crippen LogP contribution in [-0.4, -0.2) is 28.5 Å². The van der Waals surface area contributed by atoms with Crippen LogP contribution in [0.5, 0.6) is 0 Å². The normalized spacial score (nSPS) is 10.6. The third kappa shape index (κ3) is 6.67. The zero-order chi connectivity index (χ0) is 25.5. The number of hydrogen-bond acceptors (Lipinski definition) is 4. The second-order valence-electron chi connectivity index (χ2n) is 8.12. The van der Waals surface area contributed by atoms with E-state index >= 15 is 0 Å². The Morgan fingerprint density at radius 1 is 0.861 bits per heavy atom. The molecule has 0 radical (unpaired) electrons. The van der Waals surface area contributed by atoms with E-state index in [4.69, 9.17) is 16.7 Å². The van der Waals surface area contributed by atoms with E-state index in [-0.39, 0.29) is 24.5 Å². The lowest BCUT2D eigenvalue weighted by atomic mass is 10.0. The molecule has 1 amide bonds. The van der Waals surface area contributed by atoms with Crippen molar-refractivity contribution in [2.75, 3.05) is 11.9 Å². The van der Waals surface area contributed by atoms with Gasteiger partial charge in [-0.3, -0.25) is 14.6 Å². The van der Waals surface area contributed by atoms with Crippen molar-refractivity contribution in [1.82, 2.24) is 10.3 Å². The highest BCUT2D eigenvalue weighted by molar-refractivity contribution is 6.31. The number of carbonyl (C=O) groups is 2. The maximum Gasteiger partial charge on any atom is 0.305 e. The molecule has 36 heavy (non-hydrogen) atoms.